The third-order valence-corrected chi connectivity index (χ3v) is 5.96. The lowest BCUT2D eigenvalue weighted by Gasteiger charge is -2.30. The van der Waals surface area contributed by atoms with Crippen molar-refractivity contribution in [1.82, 2.24) is 15.5 Å². The Morgan fingerprint density at radius 2 is 1.85 bits per heavy atom. The van der Waals surface area contributed by atoms with Gasteiger partial charge in [-0.15, -0.1) is 0 Å². The van der Waals surface area contributed by atoms with Gasteiger partial charge in [-0.05, 0) is 70.3 Å². The first-order chi connectivity index (χ1) is 13.3. The molecule has 0 spiro atoms. The molecule has 1 aromatic carbocycles. The van der Waals surface area contributed by atoms with E-state index < -0.39 is 0 Å². The van der Waals surface area contributed by atoms with Crippen molar-refractivity contribution < 1.29 is 0 Å². The predicted molar refractivity (Wildman–Crippen MR) is 116 cm³/mol. The largest absolute Gasteiger partial charge is 0.369 e. The van der Waals surface area contributed by atoms with Crippen molar-refractivity contribution in [3.05, 3.63) is 30.3 Å². The molecule has 27 heavy (non-hydrogen) atoms. The number of nitrogens with zero attached hydrogens (tertiary/aromatic N) is 3. The van der Waals surface area contributed by atoms with Crippen LogP contribution in [0.1, 0.15) is 39.5 Å². The van der Waals surface area contributed by atoms with Gasteiger partial charge in [-0.3, -0.25) is 4.99 Å². The Morgan fingerprint density at radius 3 is 2.56 bits per heavy atom. The fraction of sp³-hybridized carbons (Fsp3) is 0.682. The van der Waals surface area contributed by atoms with E-state index in [0.29, 0.717) is 6.04 Å². The molecule has 2 fully saturated rings. The highest BCUT2D eigenvalue weighted by atomic mass is 15.2. The fourth-order valence-corrected chi connectivity index (χ4v) is 4.22. The topological polar surface area (TPSA) is 42.9 Å². The number of anilines is 1. The maximum absolute atomic E-state index is 4.87. The Morgan fingerprint density at radius 1 is 1.07 bits per heavy atom. The summed E-state index contributed by atoms with van der Waals surface area (Å²) in [6.07, 6.45) is 5.05. The van der Waals surface area contributed by atoms with Gasteiger partial charge < -0.3 is 20.4 Å². The molecule has 0 radical (unpaired) electrons. The van der Waals surface area contributed by atoms with Gasteiger partial charge in [0.1, 0.15) is 0 Å². The minimum Gasteiger partial charge on any atom is -0.369 e. The molecule has 5 nitrogen and oxygen atoms in total. The zero-order valence-electron chi connectivity index (χ0n) is 17.2. The quantitative estimate of drug-likeness (QED) is 0.571. The van der Waals surface area contributed by atoms with Crippen LogP contribution in [0.3, 0.4) is 0 Å². The smallest absolute Gasteiger partial charge is 0.191 e. The summed E-state index contributed by atoms with van der Waals surface area (Å²) in [7, 11) is 0. The van der Waals surface area contributed by atoms with Crippen molar-refractivity contribution in [3.8, 4) is 0 Å². The third-order valence-electron chi connectivity index (χ3n) is 5.96. The molecular formula is C22H37N5. The molecule has 0 aromatic heterocycles. The van der Waals surface area contributed by atoms with Gasteiger partial charge in [0, 0.05) is 37.9 Å². The van der Waals surface area contributed by atoms with Crippen LogP contribution in [0.15, 0.2) is 35.3 Å². The molecule has 1 unspecified atom stereocenters. The van der Waals surface area contributed by atoms with E-state index in [2.05, 4.69) is 64.6 Å². The molecule has 2 aliphatic rings. The second-order valence-corrected chi connectivity index (χ2v) is 7.84. The van der Waals surface area contributed by atoms with E-state index in [-0.39, 0.29) is 0 Å². The van der Waals surface area contributed by atoms with Gasteiger partial charge in [-0.1, -0.05) is 25.1 Å². The molecule has 0 amide bonds. The van der Waals surface area contributed by atoms with Crippen molar-refractivity contribution in [2.75, 3.05) is 50.7 Å². The van der Waals surface area contributed by atoms with E-state index in [1.165, 1.54) is 44.6 Å². The summed E-state index contributed by atoms with van der Waals surface area (Å²) in [6.45, 7) is 12.1. The molecule has 1 atom stereocenters. The first kappa shape index (κ1) is 20.0. The van der Waals surface area contributed by atoms with Crippen LogP contribution < -0.4 is 15.5 Å². The first-order valence-corrected chi connectivity index (χ1v) is 10.9. The summed E-state index contributed by atoms with van der Waals surface area (Å²) < 4.78 is 0. The lowest BCUT2D eigenvalue weighted by molar-refractivity contribution is 0.188. The van der Waals surface area contributed by atoms with E-state index in [0.717, 1.165) is 44.5 Å². The molecule has 2 heterocycles. The van der Waals surface area contributed by atoms with Crippen molar-refractivity contribution in [1.29, 1.82) is 0 Å². The van der Waals surface area contributed by atoms with E-state index in [9.17, 15) is 0 Å². The minimum atomic E-state index is 0.468. The second-order valence-electron chi connectivity index (χ2n) is 7.84. The lowest BCUT2D eigenvalue weighted by Crippen LogP contribution is -2.44. The third kappa shape index (κ3) is 6.13. The van der Waals surface area contributed by atoms with Crippen LogP contribution in [0.5, 0.6) is 0 Å². The maximum atomic E-state index is 4.87. The van der Waals surface area contributed by atoms with E-state index in [4.69, 9.17) is 4.99 Å². The Bertz CT molecular complexity index is 565. The molecule has 150 valence electrons. The zero-order valence-corrected chi connectivity index (χ0v) is 17.2. The molecular weight excluding hydrogens is 334 g/mol. The summed E-state index contributed by atoms with van der Waals surface area (Å²) in [5.41, 5.74) is 1.32. The molecule has 0 saturated carbocycles. The van der Waals surface area contributed by atoms with Crippen LogP contribution in [-0.2, 0) is 0 Å². The van der Waals surface area contributed by atoms with Gasteiger partial charge in [0.25, 0.3) is 0 Å². The molecule has 0 bridgehead atoms. The fourth-order valence-electron chi connectivity index (χ4n) is 4.22. The number of guanidine groups is 1. The number of hydrogen-bond acceptors (Lipinski definition) is 3. The maximum Gasteiger partial charge on any atom is 0.191 e. The Balaban J connectivity index is 1.44. The number of hydrogen-bond donors (Lipinski definition) is 2. The molecule has 0 aliphatic carbocycles. The minimum absolute atomic E-state index is 0.468. The highest BCUT2D eigenvalue weighted by Gasteiger charge is 2.23. The first-order valence-electron chi connectivity index (χ1n) is 10.9. The number of likely N-dealkylation sites (tertiary alicyclic amines) is 1. The van der Waals surface area contributed by atoms with Gasteiger partial charge in [-0.25, -0.2) is 0 Å². The predicted octanol–water partition coefficient (Wildman–Crippen LogP) is 2.94. The molecule has 2 N–H and O–H groups in total. The van der Waals surface area contributed by atoms with Gasteiger partial charge in [-0.2, -0.15) is 0 Å². The lowest BCUT2D eigenvalue weighted by atomic mass is 9.94. The van der Waals surface area contributed by atoms with Gasteiger partial charge in [0.05, 0.1) is 0 Å². The number of aliphatic imine (C=N–C) groups is 1. The average molecular weight is 372 g/mol. The van der Waals surface area contributed by atoms with Crippen molar-refractivity contribution in [2.45, 2.75) is 45.6 Å². The number of piperidine rings is 1. The highest BCUT2D eigenvalue weighted by molar-refractivity contribution is 5.80. The van der Waals surface area contributed by atoms with Crippen LogP contribution in [0, 0.1) is 5.92 Å². The van der Waals surface area contributed by atoms with E-state index >= 15 is 0 Å². The normalized spacial score (nSPS) is 22.2. The standard InChI is InChI=1S/C22H37N5/c1-3-23-22(24-14-10-19-11-15-26(4-2)16-12-19)25-20-13-17-27(18-20)21-8-6-5-7-9-21/h5-9,19-20H,3-4,10-18H2,1-2H3,(H2,23,24,25). The summed E-state index contributed by atoms with van der Waals surface area (Å²) >= 11 is 0. The Hall–Kier alpha value is -1.75. The van der Waals surface area contributed by atoms with Crippen LogP contribution in [0.25, 0.3) is 0 Å². The Labute approximate surface area is 165 Å². The van der Waals surface area contributed by atoms with Crippen molar-refractivity contribution >= 4 is 11.6 Å². The highest BCUT2D eigenvalue weighted by Crippen LogP contribution is 2.21. The van der Waals surface area contributed by atoms with Gasteiger partial charge >= 0.3 is 0 Å². The summed E-state index contributed by atoms with van der Waals surface area (Å²) in [4.78, 5) is 9.89. The van der Waals surface area contributed by atoms with Crippen LogP contribution in [-0.4, -0.2) is 62.7 Å². The van der Waals surface area contributed by atoms with Crippen molar-refractivity contribution in [3.63, 3.8) is 0 Å². The summed E-state index contributed by atoms with van der Waals surface area (Å²) in [6, 6.07) is 11.2. The Kier molecular flexibility index (Phi) is 7.81. The molecule has 5 heteroatoms. The molecule has 1 aromatic rings. The number of rotatable bonds is 7. The number of benzene rings is 1. The monoisotopic (exact) mass is 371 g/mol. The summed E-state index contributed by atoms with van der Waals surface area (Å²) in [5.74, 6) is 1.84. The molecule has 2 saturated heterocycles. The van der Waals surface area contributed by atoms with Crippen LogP contribution >= 0.6 is 0 Å². The molecule has 3 rings (SSSR count). The van der Waals surface area contributed by atoms with E-state index in [1.807, 2.05) is 0 Å². The van der Waals surface area contributed by atoms with Crippen LogP contribution in [0.2, 0.25) is 0 Å². The average Bonchev–Trinajstić information content (AvgIpc) is 3.18. The molecule has 2 aliphatic heterocycles. The zero-order chi connectivity index (χ0) is 18.9. The number of para-hydroxylation sites is 1. The second kappa shape index (κ2) is 10.5. The van der Waals surface area contributed by atoms with Gasteiger partial charge in [0.2, 0.25) is 0 Å². The summed E-state index contributed by atoms with van der Waals surface area (Å²) in [5, 5.41) is 7.09. The van der Waals surface area contributed by atoms with E-state index in [1.54, 1.807) is 0 Å². The SMILES string of the molecule is CCNC(=NCCC1CCN(CC)CC1)NC1CCN(c2ccccc2)C1. The van der Waals surface area contributed by atoms with Crippen molar-refractivity contribution in [2.24, 2.45) is 10.9 Å². The van der Waals surface area contributed by atoms with Gasteiger partial charge in [0.15, 0.2) is 5.96 Å². The number of nitrogens with one attached hydrogen (secondary N) is 2. The van der Waals surface area contributed by atoms with Crippen LogP contribution in [0.4, 0.5) is 5.69 Å².